The second-order valence-electron chi connectivity index (χ2n) is 6.00. The third-order valence-electron chi connectivity index (χ3n) is 4.05. The lowest BCUT2D eigenvalue weighted by Crippen LogP contribution is -2.06. The first-order chi connectivity index (χ1) is 14.3. The van der Waals surface area contributed by atoms with E-state index in [4.69, 9.17) is 9.47 Å². The van der Waals surface area contributed by atoms with Crippen LogP contribution >= 0.6 is 0 Å². The lowest BCUT2D eigenvalue weighted by molar-refractivity contribution is -0.394. The molecule has 0 atom stereocenters. The summed E-state index contributed by atoms with van der Waals surface area (Å²) in [6.07, 6.45) is 0. The molecule has 0 aliphatic heterocycles. The summed E-state index contributed by atoms with van der Waals surface area (Å²) in [6, 6.07) is 12.1. The molecule has 0 aromatic heterocycles. The van der Waals surface area contributed by atoms with E-state index in [1.807, 2.05) is 0 Å². The molecule has 0 heterocycles. The SMILES string of the molecule is COc1ccc(Oc2ccc(F)cc2)cc1C(=O)c1cc([N+](=O)[O-])cc([N+](=O)[O-])c1. The third-order valence-corrected chi connectivity index (χ3v) is 4.05. The standard InChI is InChI=1S/C20H13FN2O7/c1-29-19-7-6-17(30-16-4-2-13(21)3-5-16)11-18(19)20(24)12-8-14(22(25)26)10-15(9-12)23(27)28/h2-11H,1H3. The average Bonchev–Trinajstić information content (AvgIpc) is 2.74. The Morgan fingerprint density at radius 3 is 1.97 bits per heavy atom. The average molecular weight is 412 g/mol. The second-order valence-corrected chi connectivity index (χ2v) is 6.00. The molecule has 0 fully saturated rings. The van der Waals surface area contributed by atoms with Crippen molar-refractivity contribution in [2.75, 3.05) is 7.11 Å². The highest BCUT2D eigenvalue weighted by molar-refractivity contribution is 6.11. The van der Waals surface area contributed by atoms with Crippen LogP contribution < -0.4 is 9.47 Å². The Kier molecular flexibility index (Phi) is 5.68. The number of benzene rings is 3. The minimum Gasteiger partial charge on any atom is -0.496 e. The van der Waals surface area contributed by atoms with Gasteiger partial charge >= 0.3 is 0 Å². The normalized spacial score (nSPS) is 10.3. The molecular weight excluding hydrogens is 399 g/mol. The zero-order valence-corrected chi connectivity index (χ0v) is 15.4. The van der Waals surface area contributed by atoms with Crippen LogP contribution in [0.1, 0.15) is 15.9 Å². The molecule has 0 unspecified atom stereocenters. The molecule has 0 bridgehead atoms. The summed E-state index contributed by atoms with van der Waals surface area (Å²) in [6.45, 7) is 0. The number of rotatable bonds is 7. The van der Waals surface area contributed by atoms with E-state index in [2.05, 4.69) is 0 Å². The Morgan fingerprint density at radius 2 is 1.43 bits per heavy atom. The number of nitro benzene ring substituents is 2. The molecule has 9 nitrogen and oxygen atoms in total. The van der Waals surface area contributed by atoms with Crippen molar-refractivity contribution in [3.05, 3.63) is 97.8 Å². The van der Waals surface area contributed by atoms with Crippen LogP contribution in [-0.2, 0) is 0 Å². The van der Waals surface area contributed by atoms with Crippen LogP contribution in [0.2, 0.25) is 0 Å². The topological polar surface area (TPSA) is 122 Å². The van der Waals surface area contributed by atoms with Crippen LogP contribution in [-0.4, -0.2) is 22.7 Å². The molecule has 0 N–H and O–H groups in total. The van der Waals surface area contributed by atoms with Crippen molar-refractivity contribution in [3.8, 4) is 17.2 Å². The van der Waals surface area contributed by atoms with Crippen molar-refractivity contribution in [2.24, 2.45) is 0 Å². The van der Waals surface area contributed by atoms with Gasteiger partial charge in [-0.15, -0.1) is 0 Å². The summed E-state index contributed by atoms with van der Waals surface area (Å²) in [5.74, 6) is -0.513. The molecule has 0 saturated carbocycles. The Bertz CT molecular complexity index is 1110. The molecule has 0 radical (unpaired) electrons. The number of methoxy groups -OCH3 is 1. The molecule has 0 saturated heterocycles. The fourth-order valence-corrected chi connectivity index (χ4v) is 2.66. The minimum atomic E-state index is -0.824. The van der Waals surface area contributed by atoms with E-state index in [-0.39, 0.29) is 22.6 Å². The van der Waals surface area contributed by atoms with Gasteiger partial charge in [0.25, 0.3) is 11.4 Å². The molecule has 3 aromatic rings. The van der Waals surface area contributed by atoms with Crippen LogP contribution in [0.25, 0.3) is 0 Å². The van der Waals surface area contributed by atoms with Crippen molar-refractivity contribution < 1.29 is 28.5 Å². The molecular formula is C20H13FN2O7. The molecule has 30 heavy (non-hydrogen) atoms. The van der Waals surface area contributed by atoms with Crippen LogP contribution in [0.15, 0.2) is 60.7 Å². The predicted octanol–water partition coefficient (Wildman–Crippen LogP) is 4.67. The van der Waals surface area contributed by atoms with Crippen molar-refractivity contribution in [1.29, 1.82) is 0 Å². The van der Waals surface area contributed by atoms with Crippen molar-refractivity contribution in [1.82, 2.24) is 0 Å². The number of nitro groups is 2. The van der Waals surface area contributed by atoms with Gasteiger partial charge in [0.2, 0.25) is 0 Å². The van der Waals surface area contributed by atoms with Gasteiger partial charge in [-0.2, -0.15) is 0 Å². The fourth-order valence-electron chi connectivity index (χ4n) is 2.66. The molecule has 3 aromatic carbocycles. The third kappa shape index (κ3) is 4.38. The lowest BCUT2D eigenvalue weighted by Gasteiger charge is -2.11. The first-order valence-corrected chi connectivity index (χ1v) is 8.38. The van der Waals surface area contributed by atoms with Crippen LogP contribution in [0.5, 0.6) is 17.2 Å². The van der Waals surface area contributed by atoms with Gasteiger partial charge < -0.3 is 9.47 Å². The van der Waals surface area contributed by atoms with Gasteiger partial charge in [0.1, 0.15) is 23.1 Å². The zero-order chi connectivity index (χ0) is 21.8. The number of ketones is 1. The van der Waals surface area contributed by atoms with Gasteiger partial charge in [-0.3, -0.25) is 25.0 Å². The molecule has 0 amide bonds. The second kappa shape index (κ2) is 8.35. The fraction of sp³-hybridized carbons (Fsp3) is 0.0500. The number of ether oxygens (including phenoxy) is 2. The minimum absolute atomic E-state index is 0.0214. The van der Waals surface area contributed by atoms with E-state index in [9.17, 15) is 29.4 Å². The maximum Gasteiger partial charge on any atom is 0.277 e. The first-order valence-electron chi connectivity index (χ1n) is 8.38. The summed E-state index contributed by atoms with van der Waals surface area (Å²) in [5, 5.41) is 22.2. The maximum atomic E-state index is 13.0. The van der Waals surface area contributed by atoms with Gasteiger partial charge in [-0.25, -0.2) is 4.39 Å². The van der Waals surface area contributed by atoms with Gasteiger partial charge in [-0.05, 0) is 42.5 Å². The van der Waals surface area contributed by atoms with E-state index in [0.717, 1.165) is 18.2 Å². The van der Waals surface area contributed by atoms with Crippen LogP contribution in [0, 0.1) is 26.0 Å². The molecule has 0 aliphatic rings. The number of halogens is 1. The van der Waals surface area contributed by atoms with Gasteiger partial charge in [-0.1, -0.05) is 0 Å². The largest absolute Gasteiger partial charge is 0.496 e. The first kappa shape index (κ1) is 20.4. The monoisotopic (exact) mass is 412 g/mol. The molecule has 0 aliphatic carbocycles. The van der Waals surface area contributed by atoms with Gasteiger partial charge in [0.15, 0.2) is 5.78 Å². The number of hydrogen-bond donors (Lipinski definition) is 0. The van der Waals surface area contributed by atoms with E-state index in [1.54, 1.807) is 0 Å². The Hall–Kier alpha value is -4.34. The lowest BCUT2D eigenvalue weighted by atomic mass is 10.0. The smallest absolute Gasteiger partial charge is 0.277 e. The van der Waals surface area contributed by atoms with Gasteiger partial charge in [0, 0.05) is 17.7 Å². The molecule has 10 heteroatoms. The number of hydrogen-bond acceptors (Lipinski definition) is 7. The zero-order valence-electron chi connectivity index (χ0n) is 15.4. The number of non-ortho nitro benzene ring substituents is 2. The number of nitrogens with zero attached hydrogens (tertiary/aromatic N) is 2. The summed E-state index contributed by atoms with van der Waals surface area (Å²) in [4.78, 5) is 33.5. The maximum absolute atomic E-state index is 13.0. The summed E-state index contributed by atoms with van der Waals surface area (Å²) in [7, 11) is 1.32. The van der Waals surface area contributed by atoms with Crippen LogP contribution in [0.4, 0.5) is 15.8 Å². The van der Waals surface area contributed by atoms with E-state index in [0.29, 0.717) is 5.75 Å². The highest BCUT2D eigenvalue weighted by atomic mass is 19.1. The van der Waals surface area contributed by atoms with Gasteiger partial charge in [0.05, 0.1) is 28.6 Å². The summed E-state index contributed by atoms with van der Waals surface area (Å²) >= 11 is 0. The van der Waals surface area contributed by atoms with Crippen molar-refractivity contribution in [3.63, 3.8) is 0 Å². The highest BCUT2D eigenvalue weighted by Crippen LogP contribution is 2.31. The van der Waals surface area contributed by atoms with Crippen LogP contribution in [0.3, 0.4) is 0 Å². The van der Waals surface area contributed by atoms with E-state index < -0.39 is 32.8 Å². The van der Waals surface area contributed by atoms with E-state index >= 15 is 0 Å². The Labute approximate surface area is 168 Å². The summed E-state index contributed by atoms with van der Waals surface area (Å²) in [5.41, 5.74) is -1.46. The number of carbonyl (C=O) groups excluding carboxylic acids is 1. The Balaban J connectivity index is 2.03. The van der Waals surface area contributed by atoms with E-state index in [1.165, 1.54) is 49.6 Å². The van der Waals surface area contributed by atoms with Crippen molar-refractivity contribution in [2.45, 2.75) is 0 Å². The Morgan fingerprint density at radius 1 is 0.867 bits per heavy atom. The molecule has 152 valence electrons. The molecule has 3 rings (SSSR count). The van der Waals surface area contributed by atoms with Crippen molar-refractivity contribution >= 4 is 17.2 Å². The summed E-state index contributed by atoms with van der Waals surface area (Å²) < 4.78 is 23.8. The molecule has 0 spiro atoms. The number of carbonyl (C=O) groups is 1. The predicted molar refractivity (Wildman–Crippen MR) is 103 cm³/mol. The quantitative estimate of drug-likeness (QED) is 0.314. The highest BCUT2D eigenvalue weighted by Gasteiger charge is 2.23.